The fraction of sp³-hybridized carbons (Fsp3) is 0.571. The Hall–Kier alpha value is -0.540. The molecule has 2 rings (SSSR count). The van der Waals surface area contributed by atoms with E-state index in [1.54, 1.807) is 0 Å². The van der Waals surface area contributed by atoms with Gasteiger partial charge in [-0.1, -0.05) is 22.0 Å². The molecule has 1 aromatic carbocycles. The van der Waals surface area contributed by atoms with E-state index >= 15 is 0 Å². The molecule has 1 saturated heterocycles. The first-order chi connectivity index (χ1) is 7.92. The van der Waals surface area contributed by atoms with Crippen LogP contribution in [0.3, 0.4) is 0 Å². The Labute approximate surface area is 113 Å². The second-order valence-electron chi connectivity index (χ2n) is 5.60. The Bertz CT molecular complexity index is 415. The van der Waals surface area contributed by atoms with Gasteiger partial charge >= 0.3 is 0 Å². The Kier molecular flexibility index (Phi) is 3.50. The van der Waals surface area contributed by atoms with E-state index in [4.69, 9.17) is 0 Å². The maximum absolute atomic E-state index is 3.63. The SMILES string of the molecule is Cc1ccc(N2C(C)CNCC2(C)C)cc1Br. The number of rotatable bonds is 1. The summed E-state index contributed by atoms with van der Waals surface area (Å²) in [6, 6.07) is 7.17. The molecule has 17 heavy (non-hydrogen) atoms. The zero-order valence-electron chi connectivity index (χ0n) is 11.0. The van der Waals surface area contributed by atoms with E-state index in [1.807, 2.05) is 0 Å². The van der Waals surface area contributed by atoms with Crippen molar-refractivity contribution in [3.05, 3.63) is 28.2 Å². The average Bonchev–Trinajstić information content (AvgIpc) is 2.22. The van der Waals surface area contributed by atoms with Crippen LogP contribution >= 0.6 is 15.9 Å². The number of hydrogen-bond donors (Lipinski definition) is 1. The summed E-state index contributed by atoms with van der Waals surface area (Å²) >= 11 is 3.63. The number of hydrogen-bond acceptors (Lipinski definition) is 2. The lowest BCUT2D eigenvalue weighted by molar-refractivity contribution is 0.334. The third-order valence-electron chi connectivity index (χ3n) is 3.52. The highest BCUT2D eigenvalue weighted by Crippen LogP contribution is 2.31. The normalized spacial score (nSPS) is 23.8. The molecule has 3 heteroatoms. The molecular formula is C14H21BrN2. The summed E-state index contributed by atoms with van der Waals surface area (Å²) < 4.78 is 1.19. The minimum Gasteiger partial charge on any atom is -0.361 e. The molecule has 1 atom stereocenters. The highest BCUT2D eigenvalue weighted by atomic mass is 79.9. The van der Waals surface area contributed by atoms with Gasteiger partial charge in [-0.25, -0.2) is 0 Å². The molecule has 1 aliphatic rings. The Morgan fingerprint density at radius 3 is 2.71 bits per heavy atom. The summed E-state index contributed by atoms with van der Waals surface area (Å²) in [6.07, 6.45) is 0. The van der Waals surface area contributed by atoms with Gasteiger partial charge in [0.1, 0.15) is 0 Å². The van der Waals surface area contributed by atoms with Gasteiger partial charge in [-0.3, -0.25) is 0 Å². The third kappa shape index (κ3) is 2.50. The summed E-state index contributed by atoms with van der Waals surface area (Å²) in [5, 5.41) is 3.50. The maximum atomic E-state index is 3.63. The van der Waals surface area contributed by atoms with E-state index in [0.29, 0.717) is 6.04 Å². The predicted octanol–water partition coefficient (Wildman–Crippen LogP) is 3.33. The molecule has 1 aliphatic heterocycles. The molecule has 0 bridgehead atoms. The lowest BCUT2D eigenvalue weighted by Crippen LogP contribution is -2.62. The molecule has 1 fully saturated rings. The minimum absolute atomic E-state index is 0.159. The van der Waals surface area contributed by atoms with Crippen LogP contribution in [0.15, 0.2) is 22.7 Å². The van der Waals surface area contributed by atoms with Crippen molar-refractivity contribution in [3.8, 4) is 0 Å². The quantitative estimate of drug-likeness (QED) is 0.855. The number of piperazine rings is 1. The van der Waals surface area contributed by atoms with Crippen molar-refractivity contribution in [1.29, 1.82) is 0 Å². The number of benzene rings is 1. The first-order valence-electron chi connectivity index (χ1n) is 6.18. The van der Waals surface area contributed by atoms with Crippen LogP contribution in [0.1, 0.15) is 26.3 Å². The van der Waals surface area contributed by atoms with Gasteiger partial charge in [-0.15, -0.1) is 0 Å². The molecule has 1 aromatic rings. The van der Waals surface area contributed by atoms with E-state index in [9.17, 15) is 0 Å². The topological polar surface area (TPSA) is 15.3 Å². The molecule has 0 spiro atoms. The second-order valence-corrected chi connectivity index (χ2v) is 6.45. The van der Waals surface area contributed by atoms with Crippen molar-refractivity contribution < 1.29 is 0 Å². The number of anilines is 1. The standard InChI is InChI=1S/C14H21BrN2/c1-10-5-6-12(7-13(10)15)17-11(2)8-16-9-14(17,3)4/h5-7,11,16H,8-9H2,1-4H3. The van der Waals surface area contributed by atoms with Crippen LogP contribution in [-0.2, 0) is 0 Å². The summed E-state index contributed by atoms with van der Waals surface area (Å²) in [5.41, 5.74) is 2.75. The lowest BCUT2D eigenvalue weighted by atomic mass is 9.95. The van der Waals surface area contributed by atoms with Crippen LogP contribution in [0.2, 0.25) is 0 Å². The summed E-state index contributed by atoms with van der Waals surface area (Å²) in [6.45, 7) is 11.1. The zero-order chi connectivity index (χ0) is 12.6. The fourth-order valence-electron chi connectivity index (χ4n) is 2.70. The van der Waals surface area contributed by atoms with Crippen LogP contribution in [0, 0.1) is 6.92 Å². The van der Waals surface area contributed by atoms with Gasteiger partial charge in [0.2, 0.25) is 0 Å². The zero-order valence-corrected chi connectivity index (χ0v) is 12.6. The predicted molar refractivity (Wildman–Crippen MR) is 77.8 cm³/mol. The van der Waals surface area contributed by atoms with Gasteiger partial charge in [0, 0.05) is 34.8 Å². The number of aryl methyl sites for hydroxylation is 1. The highest BCUT2D eigenvalue weighted by molar-refractivity contribution is 9.10. The fourth-order valence-corrected chi connectivity index (χ4v) is 3.06. The molecule has 0 aliphatic carbocycles. The monoisotopic (exact) mass is 296 g/mol. The minimum atomic E-state index is 0.159. The van der Waals surface area contributed by atoms with E-state index in [1.165, 1.54) is 15.7 Å². The van der Waals surface area contributed by atoms with Crippen molar-refractivity contribution in [3.63, 3.8) is 0 Å². The van der Waals surface area contributed by atoms with Gasteiger partial charge < -0.3 is 10.2 Å². The van der Waals surface area contributed by atoms with Crippen molar-refractivity contribution in [2.24, 2.45) is 0 Å². The molecule has 0 saturated carbocycles. The largest absolute Gasteiger partial charge is 0.361 e. The van der Waals surface area contributed by atoms with Crippen molar-refractivity contribution >= 4 is 21.6 Å². The number of nitrogens with one attached hydrogen (secondary N) is 1. The van der Waals surface area contributed by atoms with Gasteiger partial charge in [-0.2, -0.15) is 0 Å². The Morgan fingerprint density at radius 1 is 1.41 bits per heavy atom. The summed E-state index contributed by atoms with van der Waals surface area (Å²) in [5.74, 6) is 0. The Balaban J connectivity index is 2.38. The van der Waals surface area contributed by atoms with Gasteiger partial charge in [-0.05, 0) is 45.4 Å². The van der Waals surface area contributed by atoms with Crippen LogP contribution in [0.5, 0.6) is 0 Å². The van der Waals surface area contributed by atoms with Crippen LogP contribution in [0.25, 0.3) is 0 Å². The van der Waals surface area contributed by atoms with Gasteiger partial charge in [0.15, 0.2) is 0 Å². The van der Waals surface area contributed by atoms with Gasteiger partial charge in [0.25, 0.3) is 0 Å². The molecular weight excluding hydrogens is 276 g/mol. The van der Waals surface area contributed by atoms with E-state index in [0.717, 1.165) is 13.1 Å². The van der Waals surface area contributed by atoms with Gasteiger partial charge in [0.05, 0.1) is 0 Å². The van der Waals surface area contributed by atoms with Crippen LogP contribution in [0.4, 0.5) is 5.69 Å². The molecule has 1 heterocycles. The number of halogens is 1. The van der Waals surface area contributed by atoms with Crippen LogP contribution < -0.4 is 10.2 Å². The van der Waals surface area contributed by atoms with Crippen molar-refractivity contribution in [2.45, 2.75) is 39.3 Å². The van der Waals surface area contributed by atoms with Crippen molar-refractivity contribution in [2.75, 3.05) is 18.0 Å². The average molecular weight is 297 g/mol. The smallest absolute Gasteiger partial charge is 0.0473 e. The third-order valence-corrected chi connectivity index (χ3v) is 4.38. The summed E-state index contributed by atoms with van der Waals surface area (Å²) in [7, 11) is 0. The molecule has 0 amide bonds. The number of nitrogens with zero attached hydrogens (tertiary/aromatic N) is 1. The molecule has 1 N–H and O–H groups in total. The molecule has 94 valence electrons. The van der Waals surface area contributed by atoms with Crippen LogP contribution in [-0.4, -0.2) is 24.7 Å². The lowest BCUT2D eigenvalue weighted by Gasteiger charge is -2.48. The highest BCUT2D eigenvalue weighted by Gasteiger charge is 2.34. The van der Waals surface area contributed by atoms with E-state index in [2.05, 4.69) is 72.0 Å². The van der Waals surface area contributed by atoms with Crippen molar-refractivity contribution in [1.82, 2.24) is 5.32 Å². The van der Waals surface area contributed by atoms with E-state index in [-0.39, 0.29) is 5.54 Å². The molecule has 0 radical (unpaired) electrons. The Morgan fingerprint density at radius 2 is 2.12 bits per heavy atom. The summed E-state index contributed by atoms with van der Waals surface area (Å²) in [4.78, 5) is 2.52. The molecule has 2 nitrogen and oxygen atoms in total. The molecule has 0 aromatic heterocycles. The second kappa shape index (κ2) is 4.62. The molecule has 1 unspecified atom stereocenters. The first kappa shape index (κ1) is 12.9. The van der Waals surface area contributed by atoms with E-state index < -0.39 is 0 Å². The first-order valence-corrected chi connectivity index (χ1v) is 6.97. The maximum Gasteiger partial charge on any atom is 0.0473 e.